The van der Waals surface area contributed by atoms with Crippen molar-refractivity contribution < 1.29 is 13.7 Å². The summed E-state index contributed by atoms with van der Waals surface area (Å²) in [5.41, 5.74) is 6.42. The molecule has 0 saturated carbocycles. The Morgan fingerprint density at radius 2 is 2.26 bits per heavy atom. The Bertz CT molecular complexity index is 438. The maximum atomic E-state index is 12.1. The van der Waals surface area contributed by atoms with Gasteiger partial charge in [0, 0.05) is 23.2 Å². The minimum absolute atomic E-state index is 0.117. The first-order chi connectivity index (χ1) is 9.18. The molecule has 3 unspecified atom stereocenters. The van der Waals surface area contributed by atoms with E-state index in [0.717, 1.165) is 19.4 Å². The minimum atomic E-state index is -0.825. The zero-order valence-electron chi connectivity index (χ0n) is 11.2. The van der Waals surface area contributed by atoms with Gasteiger partial charge in [-0.15, -0.1) is 0 Å². The van der Waals surface area contributed by atoms with Gasteiger partial charge in [0.25, 0.3) is 0 Å². The molecule has 5 heteroatoms. The lowest BCUT2D eigenvalue weighted by Crippen LogP contribution is -2.25. The summed E-state index contributed by atoms with van der Waals surface area (Å²) in [4.78, 5) is 0. The molecule has 0 aliphatic carbocycles. The molecule has 1 aromatic rings. The van der Waals surface area contributed by atoms with Gasteiger partial charge in [-0.2, -0.15) is 0 Å². The van der Waals surface area contributed by atoms with Crippen LogP contribution in [0.15, 0.2) is 24.3 Å². The quantitative estimate of drug-likeness (QED) is 0.640. The summed E-state index contributed by atoms with van der Waals surface area (Å²) in [5, 5.41) is 0.182. The van der Waals surface area contributed by atoms with Gasteiger partial charge >= 0.3 is 0 Å². The Morgan fingerprint density at radius 3 is 2.95 bits per heavy atom. The molecule has 1 heterocycles. The predicted octanol–water partition coefficient (Wildman–Crippen LogP) is 1.96. The number of ether oxygens (including phenoxy) is 2. The van der Waals surface area contributed by atoms with Crippen molar-refractivity contribution in [3.8, 4) is 5.75 Å². The van der Waals surface area contributed by atoms with Gasteiger partial charge in [0.1, 0.15) is 5.75 Å². The highest BCUT2D eigenvalue weighted by atomic mass is 32.2. The van der Waals surface area contributed by atoms with Gasteiger partial charge in [-0.25, -0.2) is 0 Å². The van der Waals surface area contributed by atoms with E-state index < -0.39 is 10.8 Å². The summed E-state index contributed by atoms with van der Waals surface area (Å²) >= 11 is 0. The van der Waals surface area contributed by atoms with E-state index >= 15 is 0 Å². The van der Waals surface area contributed by atoms with E-state index in [1.807, 2.05) is 31.2 Å². The fourth-order valence-electron chi connectivity index (χ4n) is 2.20. The van der Waals surface area contributed by atoms with E-state index in [-0.39, 0.29) is 11.4 Å². The molecule has 106 valence electrons. The van der Waals surface area contributed by atoms with Crippen molar-refractivity contribution >= 4 is 16.5 Å². The van der Waals surface area contributed by atoms with Crippen molar-refractivity contribution in [2.45, 2.75) is 31.1 Å². The van der Waals surface area contributed by atoms with Gasteiger partial charge < -0.3 is 15.2 Å². The van der Waals surface area contributed by atoms with Crippen molar-refractivity contribution in [3.63, 3.8) is 0 Å². The van der Waals surface area contributed by atoms with Crippen molar-refractivity contribution in [1.82, 2.24) is 0 Å². The van der Waals surface area contributed by atoms with Gasteiger partial charge in [0.15, 0.2) is 0 Å². The van der Waals surface area contributed by atoms with Crippen LogP contribution in [0, 0.1) is 0 Å². The molecule has 0 radical (unpaired) electrons. The fourth-order valence-corrected chi connectivity index (χ4v) is 3.77. The summed E-state index contributed by atoms with van der Waals surface area (Å²) in [6.07, 6.45) is 1.79. The van der Waals surface area contributed by atoms with Crippen LogP contribution in [-0.2, 0) is 15.5 Å². The van der Waals surface area contributed by atoms with Crippen molar-refractivity contribution in [3.05, 3.63) is 24.3 Å². The van der Waals surface area contributed by atoms with E-state index in [2.05, 4.69) is 0 Å². The van der Waals surface area contributed by atoms with Crippen LogP contribution < -0.4 is 10.5 Å². The van der Waals surface area contributed by atoms with Crippen LogP contribution >= 0.6 is 0 Å². The second-order valence-corrected chi connectivity index (χ2v) is 6.50. The Balaban J connectivity index is 1.69. The molecule has 1 aliphatic heterocycles. The highest BCUT2D eigenvalue weighted by Gasteiger charge is 2.29. The molecule has 1 aliphatic rings. The van der Waals surface area contributed by atoms with E-state index in [0.29, 0.717) is 23.8 Å². The third kappa shape index (κ3) is 3.94. The minimum Gasteiger partial charge on any atom is -0.491 e. The molecule has 0 amide bonds. The number of benzene rings is 1. The van der Waals surface area contributed by atoms with Gasteiger partial charge in [-0.05, 0) is 31.9 Å². The number of hydrogen-bond acceptors (Lipinski definition) is 4. The third-order valence-electron chi connectivity index (χ3n) is 3.31. The van der Waals surface area contributed by atoms with Crippen molar-refractivity contribution in [1.29, 1.82) is 0 Å². The van der Waals surface area contributed by atoms with Crippen LogP contribution in [0.4, 0.5) is 5.69 Å². The van der Waals surface area contributed by atoms with Gasteiger partial charge in [0.2, 0.25) is 0 Å². The van der Waals surface area contributed by atoms with Crippen molar-refractivity contribution in [2.24, 2.45) is 0 Å². The molecule has 3 atom stereocenters. The monoisotopic (exact) mass is 283 g/mol. The first-order valence-electron chi connectivity index (χ1n) is 6.64. The van der Waals surface area contributed by atoms with Crippen LogP contribution in [0.25, 0.3) is 0 Å². The van der Waals surface area contributed by atoms with E-state index in [4.69, 9.17) is 15.2 Å². The molecule has 4 nitrogen and oxygen atoms in total. The summed E-state index contributed by atoms with van der Waals surface area (Å²) in [6, 6.07) is 7.42. The molecule has 2 N–H and O–H groups in total. The lowest BCUT2D eigenvalue weighted by atomic mass is 10.3. The largest absolute Gasteiger partial charge is 0.491 e. The molecule has 0 spiro atoms. The number of para-hydroxylation sites is 2. The van der Waals surface area contributed by atoms with E-state index in [1.54, 1.807) is 0 Å². The maximum absolute atomic E-state index is 12.1. The standard InChI is InChI=1S/C14H21NO3S/c1-11-14(7-9-17-11)19(16)10-4-8-18-13-6-3-2-5-12(13)15/h2-3,5-6,11,14H,4,7-10,15H2,1H3. The molecular weight excluding hydrogens is 262 g/mol. The zero-order valence-corrected chi connectivity index (χ0v) is 12.0. The number of hydrogen-bond donors (Lipinski definition) is 1. The van der Waals surface area contributed by atoms with Crippen molar-refractivity contribution in [2.75, 3.05) is 24.7 Å². The van der Waals surface area contributed by atoms with Crippen LogP contribution in [0.2, 0.25) is 0 Å². The summed E-state index contributed by atoms with van der Waals surface area (Å²) in [5.74, 6) is 1.36. The Morgan fingerprint density at radius 1 is 1.47 bits per heavy atom. The zero-order chi connectivity index (χ0) is 13.7. The van der Waals surface area contributed by atoms with E-state index in [1.165, 1.54) is 0 Å². The van der Waals surface area contributed by atoms with E-state index in [9.17, 15) is 4.21 Å². The number of anilines is 1. The smallest absolute Gasteiger partial charge is 0.142 e. The Hall–Kier alpha value is -1.07. The highest BCUT2D eigenvalue weighted by molar-refractivity contribution is 7.85. The third-order valence-corrected chi connectivity index (χ3v) is 5.30. The molecule has 0 bridgehead atoms. The van der Waals surface area contributed by atoms with Crippen LogP contribution in [0.5, 0.6) is 5.75 Å². The number of nitrogen functional groups attached to an aromatic ring is 1. The highest BCUT2D eigenvalue weighted by Crippen LogP contribution is 2.21. The SMILES string of the molecule is CC1OCCC1S(=O)CCCOc1ccccc1N. The summed E-state index contributed by atoms with van der Waals surface area (Å²) < 4.78 is 23.1. The first-order valence-corrected chi connectivity index (χ1v) is 8.03. The fraction of sp³-hybridized carbons (Fsp3) is 0.571. The lowest BCUT2D eigenvalue weighted by molar-refractivity contribution is 0.127. The number of rotatable bonds is 6. The van der Waals surface area contributed by atoms with Crippen LogP contribution in [0.1, 0.15) is 19.8 Å². The lowest BCUT2D eigenvalue weighted by Gasteiger charge is -2.14. The average Bonchev–Trinajstić information content (AvgIpc) is 2.82. The number of nitrogens with two attached hydrogens (primary N) is 1. The summed E-state index contributed by atoms with van der Waals surface area (Å²) in [7, 11) is -0.825. The molecular formula is C14H21NO3S. The van der Waals surface area contributed by atoms with Gasteiger partial charge in [-0.3, -0.25) is 4.21 Å². The van der Waals surface area contributed by atoms with Crippen LogP contribution in [-0.4, -0.2) is 34.5 Å². The average molecular weight is 283 g/mol. The molecule has 19 heavy (non-hydrogen) atoms. The molecule has 0 aromatic heterocycles. The molecule has 2 rings (SSSR count). The summed E-state index contributed by atoms with van der Waals surface area (Å²) in [6.45, 7) is 3.27. The molecule has 1 aromatic carbocycles. The Kier molecular flexibility index (Phi) is 5.22. The van der Waals surface area contributed by atoms with Crippen LogP contribution in [0.3, 0.4) is 0 Å². The maximum Gasteiger partial charge on any atom is 0.142 e. The van der Waals surface area contributed by atoms with Gasteiger partial charge in [-0.1, -0.05) is 12.1 Å². The topological polar surface area (TPSA) is 61.5 Å². The molecule has 1 saturated heterocycles. The second-order valence-electron chi connectivity index (χ2n) is 4.73. The first kappa shape index (κ1) is 14.3. The van der Waals surface area contributed by atoms with Gasteiger partial charge in [0.05, 0.1) is 23.6 Å². The predicted molar refractivity (Wildman–Crippen MR) is 77.8 cm³/mol. The molecule has 1 fully saturated rings. The second kappa shape index (κ2) is 6.91. The normalized spacial score (nSPS) is 24.3. The Labute approximate surface area is 116 Å².